The van der Waals surface area contributed by atoms with Gasteiger partial charge >= 0.3 is 0 Å². The van der Waals surface area contributed by atoms with Crippen LogP contribution in [0.3, 0.4) is 0 Å². The Morgan fingerprint density at radius 1 is 1.43 bits per heavy atom. The van der Waals surface area contributed by atoms with Gasteiger partial charge in [-0.05, 0) is 25.2 Å². The predicted octanol–water partition coefficient (Wildman–Crippen LogP) is 2.99. The van der Waals surface area contributed by atoms with Crippen LogP contribution < -0.4 is 0 Å². The highest BCUT2D eigenvalue weighted by Gasteiger charge is 2.24. The van der Waals surface area contributed by atoms with Crippen LogP contribution in [0.15, 0.2) is 12.2 Å². The van der Waals surface area contributed by atoms with Crippen molar-refractivity contribution in [3.8, 4) is 0 Å². The smallest absolute Gasteiger partial charge is 0.146 e. The summed E-state index contributed by atoms with van der Waals surface area (Å²) in [6.07, 6.45) is 8.67. The van der Waals surface area contributed by atoms with Crippen LogP contribution in [0.25, 0.3) is 0 Å². The Morgan fingerprint density at radius 2 is 2.21 bits per heavy atom. The predicted molar refractivity (Wildman–Crippen MR) is 58.1 cm³/mol. The Labute approximate surface area is 87.3 Å². The first-order valence-electron chi connectivity index (χ1n) is 5.53. The summed E-state index contributed by atoms with van der Waals surface area (Å²) in [7, 11) is 1.67. The largest absolute Gasteiger partial charge is 0.359 e. The van der Waals surface area contributed by atoms with Crippen LogP contribution in [-0.4, -0.2) is 20.0 Å². The lowest BCUT2D eigenvalue weighted by Crippen LogP contribution is -2.30. The number of ether oxygens (including phenoxy) is 2. The number of hydrogen-bond acceptors (Lipinski definition) is 2. The minimum atomic E-state index is 0.312. The average Bonchev–Trinajstić information content (AvgIpc) is 2.19. The van der Waals surface area contributed by atoms with Gasteiger partial charge in [0.1, 0.15) is 6.79 Å². The summed E-state index contributed by atoms with van der Waals surface area (Å²) in [5, 5.41) is 0. The van der Waals surface area contributed by atoms with Crippen molar-refractivity contribution >= 4 is 0 Å². The first-order valence-corrected chi connectivity index (χ1v) is 5.53. The molecule has 0 saturated heterocycles. The van der Waals surface area contributed by atoms with Crippen molar-refractivity contribution < 1.29 is 9.47 Å². The SMILES string of the molecule is COCOC(C(C)C)C1C=CCCC1. The summed E-state index contributed by atoms with van der Waals surface area (Å²) < 4.78 is 10.7. The van der Waals surface area contributed by atoms with Gasteiger partial charge in [0, 0.05) is 13.0 Å². The molecule has 0 saturated carbocycles. The molecule has 14 heavy (non-hydrogen) atoms. The number of methoxy groups -OCH3 is 1. The molecule has 1 aliphatic rings. The summed E-state index contributed by atoms with van der Waals surface area (Å²) in [6.45, 7) is 4.83. The van der Waals surface area contributed by atoms with E-state index in [9.17, 15) is 0 Å². The molecule has 0 aliphatic heterocycles. The van der Waals surface area contributed by atoms with Crippen LogP contribution in [0.4, 0.5) is 0 Å². The van der Waals surface area contributed by atoms with Gasteiger partial charge in [0.2, 0.25) is 0 Å². The van der Waals surface area contributed by atoms with Gasteiger partial charge in [0.25, 0.3) is 0 Å². The van der Waals surface area contributed by atoms with Crippen molar-refractivity contribution in [2.45, 2.75) is 39.2 Å². The lowest BCUT2D eigenvalue weighted by atomic mass is 9.86. The number of hydrogen-bond donors (Lipinski definition) is 0. The molecular formula is C12H22O2. The minimum Gasteiger partial charge on any atom is -0.359 e. The van der Waals surface area contributed by atoms with Crippen molar-refractivity contribution in [2.75, 3.05) is 13.9 Å². The third kappa shape index (κ3) is 3.43. The van der Waals surface area contributed by atoms with Gasteiger partial charge in [-0.1, -0.05) is 26.0 Å². The molecule has 0 amide bonds. The molecule has 0 heterocycles. The fraction of sp³-hybridized carbons (Fsp3) is 0.833. The Balaban J connectivity index is 2.47. The highest BCUT2D eigenvalue weighted by atomic mass is 16.7. The first-order chi connectivity index (χ1) is 6.75. The van der Waals surface area contributed by atoms with Gasteiger partial charge in [0.05, 0.1) is 6.10 Å². The van der Waals surface area contributed by atoms with Crippen LogP contribution >= 0.6 is 0 Å². The lowest BCUT2D eigenvalue weighted by molar-refractivity contribution is -0.102. The van der Waals surface area contributed by atoms with E-state index >= 15 is 0 Å². The maximum absolute atomic E-state index is 5.72. The van der Waals surface area contributed by atoms with Crippen molar-refractivity contribution in [3.63, 3.8) is 0 Å². The summed E-state index contributed by atoms with van der Waals surface area (Å²) in [5.41, 5.74) is 0. The Bertz CT molecular complexity index is 175. The second-order valence-corrected chi connectivity index (χ2v) is 4.30. The molecule has 0 aromatic heterocycles. The summed E-state index contributed by atoms with van der Waals surface area (Å²) in [6, 6.07) is 0. The van der Waals surface area contributed by atoms with E-state index < -0.39 is 0 Å². The van der Waals surface area contributed by atoms with Gasteiger partial charge in [-0.15, -0.1) is 0 Å². The van der Waals surface area contributed by atoms with Crippen LogP contribution in [-0.2, 0) is 9.47 Å². The number of allylic oxidation sites excluding steroid dienone is 1. The average molecular weight is 198 g/mol. The van der Waals surface area contributed by atoms with Crippen LogP contribution in [0.5, 0.6) is 0 Å². The maximum Gasteiger partial charge on any atom is 0.146 e. The zero-order chi connectivity index (χ0) is 10.4. The van der Waals surface area contributed by atoms with Gasteiger partial charge in [-0.2, -0.15) is 0 Å². The van der Waals surface area contributed by atoms with E-state index in [1.807, 2.05) is 0 Å². The molecule has 2 atom stereocenters. The lowest BCUT2D eigenvalue weighted by Gasteiger charge is -2.29. The van der Waals surface area contributed by atoms with E-state index in [0.29, 0.717) is 24.7 Å². The monoisotopic (exact) mass is 198 g/mol. The molecule has 0 fully saturated rings. The van der Waals surface area contributed by atoms with Gasteiger partial charge in [-0.25, -0.2) is 0 Å². The summed E-state index contributed by atoms with van der Waals surface area (Å²) in [5.74, 6) is 1.14. The zero-order valence-corrected chi connectivity index (χ0v) is 9.53. The maximum atomic E-state index is 5.72. The molecule has 0 spiro atoms. The molecular weight excluding hydrogens is 176 g/mol. The quantitative estimate of drug-likeness (QED) is 0.499. The van der Waals surface area contributed by atoms with E-state index in [1.54, 1.807) is 7.11 Å². The Hall–Kier alpha value is -0.340. The molecule has 2 heteroatoms. The molecule has 0 N–H and O–H groups in total. The Kier molecular flexibility index (Phi) is 5.20. The molecule has 2 unspecified atom stereocenters. The molecule has 1 aliphatic carbocycles. The van der Waals surface area contributed by atoms with Crippen molar-refractivity contribution in [1.82, 2.24) is 0 Å². The minimum absolute atomic E-state index is 0.312. The van der Waals surface area contributed by atoms with E-state index in [1.165, 1.54) is 19.3 Å². The highest BCUT2D eigenvalue weighted by Crippen LogP contribution is 2.26. The van der Waals surface area contributed by atoms with Crippen molar-refractivity contribution in [1.29, 1.82) is 0 Å². The molecule has 1 rings (SSSR count). The fourth-order valence-corrected chi connectivity index (χ4v) is 2.07. The van der Waals surface area contributed by atoms with Crippen LogP contribution in [0.2, 0.25) is 0 Å². The standard InChI is InChI=1S/C12H22O2/c1-10(2)12(14-9-13-3)11-7-5-4-6-8-11/h5,7,10-12H,4,6,8-9H2,1-3H3. The molecule has 0 aromatic carbocycles. The number of rotatable bonds is 5. The third-order valence-electron chi connectivity index (χ3n) is 2.75. The van der Waals surface area contributed by atoms with E-state index in [0.717, 1.165) is 0 Å². The highest BCUT2D eigenvalue weighted by molar-refractivity contribution is 4.97. The van der Waals surface area contributed by atoms with E-state index in [-0.39, 0.29) is 0 Å². The van der Waals surface area contributed by atoms with Crippen molar-refractivity contribution in [2.24, 2.45) is 11.8 Å². The topological polar surface area (TPSA) is 18.5 Å². The molecule has 0 radical (unpaired) electrons. The normalized spacial score (nSPS) is 24.1. The molecule has 0 aromatic rings. The second-order valence-electron chi connectivity index (χ2n) is 4.30. The fourth-order valence-electron chi connectivity index (χ4n) is 2.07. The second kappa shape index (κ2) is 6.20. The van der Waals surface area contributed by atoms with Crippen molar-refractivity contribution in [3.05, 3.63) is 12.2 Å². The summed E-state index contributed by atoms with van der Waals surface area (Å²) >= 11 is 0. The zero-order valence-electron chi connectivity index (χ0n) is 9.53. The van der Waals surface area contributed by atoms with Gasteiger partial charge in [0.15, 0.2) is 0 Å². The van der Waals surface area contributed by atoms with Gasteiger partial charge in [-0.3, -0.25) is 0 Å². The van der Waals surface area contributed by atoms with E-state index in [2.05, 4.69) is 26.0 Å². The third-order valence-corrected chi connectivity index (χ3v) is 2.75. The van der Waals surface area contributed by atoms with E-state index in [4.69, 9.17) is 9.47 Å². The molecule has 2 nitrogen and oxygen atoms in total. The molecule has 82 valence electrons. The summed E-state index contributed by atoms with van der Waals surface area (Å²) in [4.78, 5) is 0. The Morgan fingerprint density at radius 3 is 2.71 bits per heavy atom. The molecule has 0 bridgehead atoms. The van der Waals surface area contributed by atoms with Gasteiger partial charge < -0.3 is 9.47 Å². The van der Waals surface area contributed by atoms with Crippen LogP contribution in [0.1, 0.15) is 33.1 Å². The first kappa shape index (κ1) is 11.7. The van der Waals surface area contributed by atoms with Crippen LogP contribution in [0, 0.1) is 11.8 Å².